The quantitative estimate of drug-likeness (QED) is 0.820. The van der Waals surface area contributed by atoms with Gasteiger partial charge in [0.2, 0.25) is 0 Å². The molecule has 1 aliphatic carbocycles. The maximum atomic E-state index is 11.1. The third-order valence-electron chi connectivity index (χ3n) is 3.99. The first-order valence-corrected chi connectivity index (χ1v) is 7.12. The zero-order chi connectivity index (χ0) is 13.8. The monoisotopic (exact) mass is 261 g/mol. The van der Waals surface area contributed by atoms with E-state index >= 15 is 0 Å². The average Bonchev–Trinajstić information content (AvgIpc) is 3.20. The van der Waals surface area contributed by atoms with Crippen molar-refractivity contribution >= 4 is 5.97 Å². The topological polar surface area (TPSA) is 40.5 Å². The van der Waals surface area contributed by atoms with Crippen molar-refractivity contribution in [1.29, 1.82) is 0 Å². The molecule has 104 valence electrons. The Morgan fingerprint density at radius 2 is 2.11 bits per heavy atom. The van der Waals surface area contributed by atoms with Crippen molar-refractivity contribution in [2.75, 3.05) is 6.54 Å². The molecular weight excluding hydrogens is 238 g/mol. The zero-order valence-electron chi connectivity index (χ0n) is 11.8. The molecule has 1 N–H and O–H groups in total. The predicted octanol–water partition coefficient (Wildman–Crippen LogP) is 2.87. The smallest absolute Gasteiger partial charge is 0.320 e. The molecule has 0 heterocycles. The number of nitrogens with zero attached hydrogens (tertiary/aromatic N) is 1. The average molecular weight is 261 g/mol. The number of carboxylic acid groups (broad SMARTS) is 1. The van der Waals surface area contributed by atoms with Crippen LogP contribution < -0.4 is 0 Å². The summed E-state index contributed by atoms with van der Waals surface area (Å²) in [5, 5.41) is 9.15. The molecule has 0 aliphatic heterocycles. The molecule has 0 amide bonds. The first-order valence-electron chi connectivity index (χ1n) is 7.12. The summed E-state index contributed by atoms with van der Waals surface area (Å²) in [6.07, 6.45) is 4.37. The van der Waals surface area contributed by atoms with Crippen molar-refractivity contribution in [2.24, 2.45) is 0 Å². The van der Waals surface area contributed by atoms with Gasteiger partial charge in [0, 0.05) is 6.04 Å². The summed E-state index contributed by atoms with van der Waals surface area (Å²) in [6, 6.07) is 8.57. The largest absolute Gasteiger partial charge is 0.480 e. The molecule has 1 atom stereocenters. The van der Waals surface area contributed by atoms with Gasteiger partial charge in [-0.3, -0.25) is 9.69 Å². The fourth-order valence-electron chi connectivity index (χ4n) is 2.58. The molecule has 0 saturated heterocycles. The van der Waals surface area contributed by atoms with Crippen LogP contribution in [-0.2, 0) is 11.2 Å². The third kappa shape index (κ3) is 3.80. The predicted molar refractivity (Wildman–Crippen MR) is 76.3 cm³/mol. The van der Waals surface area contributed by atoms with Crippen LogP contribution in [0.2, 0.25) is 0 Å². The number of hydrogen-bond donors (Lipinski definition) is 1. The molecule has 0 aromatic heterocycles. The summed E-state index contributed by atoms with van der Waals surface area (Å²) < 4.78 is 0. The highest BCUT2D eigenvalue weighted by Gasteiger charge is 2.34. The lowest BCUT2D eigenvalue weighted by Gasteiger charge is -2.26. The van der Waals surface area contributed by atoms with E-state index in [0.29, 0.717) is 6.04 Å². The summed E-state index contributed by atoms with van der Waals surface area (Å²) in [4.78, 5) is 13.3. The van der Waals surface area contributed by atoms with Gasteiger partial charge in [-0.1, -0.05) is 24.3 Å². The van der Waals surface area contributed by atoms with Gasteiger partial charge in [-0.2, -0.15) is 0 Å². The number of hydrogen-bond acceptors (Lipinski definition) is 2. The second kappa shape index (κ2) is 6.20. The van der Waals surface area contributed by atoms with Gasteiger partial charge in [0.25, 0.3) is 0 Å². The summed E-state index contributed by atoms with van der Waals surface area (Å²) >= 11 is 0. The molecule has 0 bridgehead atoms. The highest BCUT2D eigenvalue weighted by Crippen LogP contribution is 2.29. The van der Waals surface area contributed by atoms with Crippen LogP contribution in [0, 0.1) is 6.92 Å². The van der Waals surface area contributed by atoms with Crippen molar-refractivity contribution in [1.82, 2.24) is 4.90 Å². The van der Waals surface area contributed by atoms with Crippen molar-refractivity contribution in [3.05, 3.63) is 35.4 Å². The molecule has 3 nitrogen and oxygen atoms in total. The number of aryl methyl sites for hydroxylation is 2. The van der Waals surface area contributed by atoms with E-state index in [1.807, 2.05) is 0 Å². The molecule has 1 aliphatic rings. The number of benzene rings is 1. The minimum absolute atomic E-state index is 0.357. The molecule has 19 heavy (non-hydrogen) atoms. The fourth-order valence-corrected chi connectivity index (χ4v) is 2.58. The van der Waals surface area contributed by atoms with Crippen LogP contribution in [0.5, 0.6) is 0 Å². The van der Waals surface area contributed by atoms with Crippen molar-refractivity contribution in [3.63, 3.8) is 0 Å². The van der Waals surface area contributed by atoms with Crippen LogP contribution in [0.3, 0.4) is 0 Å². The molecule has 3 heteroatoms. The van der Waals surface area contributed by atoms with Gasteiger partial charge in [0.15, 0.2) is 0 Å². The number of rotatable bonds is 7. The Balaban J connectivity index is 1.86. The summed E-state index contributed by atoms with van der Waals surface area (Å²) in [7, 11) is 0. The van der Waals surface area contributed by atoms with Gasteiger partial charge in [0.1, 0.15) is 6.04 Å². The van der Waals surface area contributed by atoms with E-state index in [4.69, 9.17) is 5.11 Å². The van der Waals surface area contributed by atoms with Crippen LogP contribution in [-0.4, -0.2) is 34.6 Å². The van der Waals surface area contributed by atoms with Crippen molar-refractivity contribution < 1.29 is 9.90 Å². The van der Waals surface area contributed by atoms with E-state index in [9.17, 15) is 4.79 Å². The SMILES string of the molecule is Cc1ccccc1CCCN(C1CC1)C(C)C(=O)O. The molecule has 0 spiro atoms. The second-order valence-corrected chi connectivity index (χ2v) is 5.51. The molecule has 1 saturated carbocycles. The molecule has 1 fully saturated rings. The van der Waals surface area contributed by atoms with E-state index in [2.05, 4.69) is 36.1 Å². The van der Waals surface area contributed by atoms with E-state index < -0.39 is 5.97 Å². The Hall–Kier alpha value is -1.35. The van der Waals surface area contributed by atoms with Crippen LogP contribution in [0.15, 0.2) is 24.3 Å². The molecule has 1 aromatic carbocycles. The van der Waals surface area contributed by atoms with Crippen molar-refractivity contribution in [2.45, 2.75) is 51.6 Å². The minimum Gasteiger partial charge on any atom is -0.480 e. The van der Waals surface area contributed by atoms with Crippen LogP contribution in [0.25, 0.3) is 0 Å². The normalized spacial score (nSPS) is 16.6. The van der Waals surface area contributed by atoms with Crippen LogP contribution in [0.4, 0.5) is 0 Å². The summed E-state index contributed by atoms with van der Waals surface area (Å²) in [5.41, 5.74) is 2.70. The fraction of sp³-hybridized carbons (Fsp3) is 0.562. The Morgan fingerprint density at radius 1 is 1.42 bits per heavy atom. The summed E-state index contributed by atoms with van der Waals surface area (Å²) in [5.74, 6) is -0.706. The Bertz CT molecular complexity index is 440. The maximum Gasteiger partial charge on any atom is 0.320 e. The first-order chi connectivity index (χ1) is 9.09. The Morgan fingerprint density at radius 3 is 2.68 bits per heavy atom. The van der Waals surface area contributed by atoms with Crippen LogP contribution >= 0.6 is 0 Å². The lowest BCUT2D eigenvalue weighted by Crippen LogP contribution is -2.41. The lowest BCUT2D eigenvalue weighted by molar-refractivity contribution is -0.142. The van der Waals surface area contributed by atoms with Crippen LogP contribution in [0.1, 0.15) is 37.3 Å². The number of aliphatic carboxylic acids is 1. The van der Waals surface area contributed by atoms with E-state index in [1.165, 1.54) is 11.1 Å². The molecule has 1 unspecified atom stereocenters. The lowest BCUT2D eigenvalue weighted by atomic mass is 10.0. The third-order valence-corrected chi connectivity index (χ3v) is 3.99. The Kier molecular flexibility index (Phi) is 4.59. The molecule has 0 radical (unpaired) electrons. The molecule has 2 rings (SSSR count). The van der Waals surface area contributed by atoms with E-state index in [0.717, 1.165) is 32.2 Å². The Labute approximate surface area is 115 Å². The van der Waals surface area contributed by atoms with E-state index in [-0.39, 0.29) is 6.04 Å². The molecular formula is C16H23NO2. The van der Waals surface area contributed by atoms with E-state index in [1.54, 1.807) is 6.92 Å². The standard InChI is InChI=1S/C16H23NO2/c1-12-6-3-4-7-14(12)8-5-11-17(15-9-10-15)13(2)16(18)19/h3-4,6-7,13,15H,5,8-11H2,1-2H3,(H,18,19). The van der Waals surface area contributed by atoms with Gasteiger partial charge in [-0.15, -0.1) is 0 Å². The second-order valence-electron chi connectivity index (χ2n) is 5.51. The van der Waals surface area contributed by atoms with Crippen molar-refractivity contribution in [3.8, 4) is 0 Å². The number of carbonyl (C=O) groups is 1. The minimum atomic E-state index is -0.706. The van der Waals surface area contributed by atoms with Gasteiger partial charge in [0.05, 0.1) is 0 Å². The molecule has 1 aromatic rings. The highest BCUT2D eigenvalue weighted by atomic mass is 16.4. The van der Waals surface area contributed by atoms with Gasteiger partial charge in [-0.25, -0.2) is 0 Å². The zero-order valence-corrected chi connectivity index (χ0v) is 11.8. The number of carboxylic acids is 1. The van der Waals surface area contributed by atoms with Gasteiger partial charge >= 0.3 is 5.97 Å². The maximum absolute atomic E-state index is 11.1. The van der Waals surface area contributed by atoms with Gasteiger partial charge in [-0.05, 0) is 57.2 Å². The summed E-state index contributed by atoms with van der Waals surface area (Å²) in [6.45, 7) is 4.81. The first kappa shape index (κ1) is 14.1. The highest BCUT2D eigenvalue weighted by molar-refractivity contribution is 5.73. The van der Waals surface area contributed by atoms with Gasteiger partial charge < -0.3 is 5.11 Å².